The lowest BCUT2D eigenvalue weighted by Crippen LogP contribution is -2.32. The van der Waals surface area contributed by atoms with Crippen LogP contribution in [0.2, 0.25) is 5.02 Å². The highest BCUT2D eigenvalue weighted by Crippen LogP contribution is 2.35. The van der Waals surface area contributed by atoms with E-state index in [1.54, 1.807) is 48.5 Å². The Hall–Kier alpha value is -3.95. The zero-order valence-electron chi connectivity index (χ0n) is 19.8. The predicted molar refractivity (Wildman–Crippen MR) is 143 cm³/mol. The molecule has 0 atom stereocenters. The molecule has 1 fully saturated rings. The molecule has 0 aromatic heterocycles. The summed E-state index contributed by atoms with van der Waals surface area (Å²) in [7, 11) is 1.53. The largest absolute Gasteiger partial charge is 0.493 e. The number of halogens is 1. The van der Waals surface area contributed by atoms with Crippen molar-refractivity contribution < 1.29 is 28.6 Å². The van der Waals surface area contributed by atoms with Gasteiger partial charge in [-0.1, -0.05) is 41.9 Å². The summed E-state index contributed by atoms with van der Waals surface area (Å²) in [5, 5.41) is 2.74. The van der Waals surface area contributed by atoms with Gasteiger partial charge in [-0.05, 0) is 60.3 Å². The summed E-state index contributed by atoms with van der Waals surface area (Å²) >= 11 is 6.97. The number of amides is 3. The fourth-order valence-corrected chi connectivity index (χ4v) is 4.48. The van der Waals surface area contributed by atoms with E-state index in [1.807, 2.05) is 24.3 Å². The van der Waals surface area contributed by atoms with E-state index in [4.69, 9.17) is 25.8 Å². The first-order chi connectivity index (χ1) is 17.9. The number of carbonyl (C=O) groups is 3. The number of carbonyl (C=O) groups excluding carboxylic acids is 3. The number of anilines is 1. The molecule has 3 aromatic rings. The zero-order chi connectivity index (χ0) is 26.2. The van der Waals surface area contributed by atoms with Crippen LogP contribution in [0, 0.1) is 0 Å². The van der Waals surface area contributed by atoms with Crippen molar-refractivity contribution in [1.29, 1.82) is 0 Å². The van der Waals surface area contributed by atoms with Crippen LogP contribution in [0.4, 0.5) is 10.5 Å². The number of nitrogens with one attached hydrogen (secondary N) is 1. The molecule has 1 heterocycles. The van der Waals surface area contributed by atoms with Crippen LogP contribution in [-0.2, 0) is 9.59 Å². The van der Waals surface area contributed by atoms with E-state index >= 15 is 0 Å². The minimum Gasteiger partial charge on any atom is -0.493 e. The smallest absolute Gasteiger partial charge is 0.293 e. The molecule has 0 radical (unpaired) electrons. The molecule has 0 unspecified atom stereocenters. The van der Waals surface area contributed by atoms with Crippen LogP contribution in [0.25, 0.3) is 6.08 Å². The van der Waals surface area contributed by atoms with E-state index in [0.29, 0.717) is 33.5 Å². The summed E-state index contributed by atoms with van der Waals surface area (Å²) < 4.78 is 16.6. The highest BCUT2D eigenvalue weighted by Gasteiger charge is 2.35. The van der Waals surface area contributed by atoms with E-state index in [0.717, 1.165) is 16.7 Å². The van der Waals surface area contributed by atoms with Crippen molar-refractivity contribution in [2.75, 3.05) is 32.2 Å². The van der Waals surface area contributed by atoms with Crippen LogP contribution in [0.3, 0.4) is 0 Å². The molecule has 1 aliphatic rings. The van der Waals surface area contributed by atoms with Crippen LogP contribution in [0.5, 0.6) is 17.2 Å². The molecule has 190 valence electrons. The second-order valence-electron chi connectivity index (χ2n) is 7.72. The normalized spacial score (nSPS) is 14.1. The molecule has 0 aliphatic carbocycles. The molecule has 8 nitrogen and oxygen atoms in total. The standard InChI is InChI=1S/C27H23ClN2O6S/c1-34-22-9-5-6-10-23(22)35-14-13-30-26(32)24(37-27(30)33)16-18-15-19(28)11-12-21(18)36-17-25(31)29-20-7-3-2-4-8-20/h2-12,15-16H,13-14,17H2,1H3,(H,29,31)/b24-16-. The average molecular weight is 539 g/mol. The Balaban J connectivity index is 1.40. The van der Waals surface area contributed by atoms with Gasteiger partial charge < -0.3 is 19.5 Å². The highest BCUT2D eigenvalue weighted by atomic mass is 35.5. The molecule has 10 heteroatoms. The number of nitrogens with zero attached hydrogens (tertiary/aromatic N) is 1. The average Bonchev–Trinajstić information content (AvgIpc) is 3.16. The summed E-state index contributed by atoms with van der Waals surface area (Å²) in [6, 6.07) is 20.9. The van der Waals surface area contributed by atoms with Crippen molar-refractivity contribution in [3.63, 3.8) is 0 Å². The van der Waals surface area contributed by atoms with Crippen molar-refractivity contribution in [3.05, 3.63) is 88.3 Å². The van der Waals surface area contributed by atoms with Gasteiger partial charge in [0.1, 0.15) is 12.4 Å². The van der Waals surface area contributed by atoms with Crippen LogP contribution < -0.4 is 19.5 Å². The van der Waals surface area contributed by atoms with Crippen molar-refractivity contribution in [3.8, 4) is 17.2 Å². The summed E-state index contributed by atoms with van der Waals surface area (Å²) in [5.74, 6) is 0.625. The topological polar surface area (TPSA) is 94.2 Å². The van der Waals surface area contributed by atoms with Crippen molar-refractivity contribution >= 4 is 52.2 Å². The van der Waals surface area contributed by atoms with Gasteiger partial charge in [-0.2, -0.15) is 0 Å². The first-order valence-corrected chi connectivity index (χ1v) is 12.4. The zero-order valence-corrected chi connectivity index (χ0v) is 21.4. The Labute approximate surface area is 223 Å². The Kier molecular flexibility index (Phi) is 8.71. The van der Waals surface area contributed by atoms with Gasteiger partial charge in [0.15, 0.2) is 18.1 Å². The molecule has 0 saturated carbocycles. The van der Waals surface area contributed by atoms with Crippen LogP contribution in [-0.4, -0.2) is 48.8 Å². The number of benzene rings is 3. The molecule has 3 amide bonds. The number of methoxy groups -OCH3 is 1. The van der Waals surface area contributed by atoms with Crippen LogP contribution in [0.15, 0.2) is 77.7 Å². The van der Waals surface area contributed by atoms with E-state index in [-0.39, 0.29) is 30.6 Å². The fourth-order valence-electron chi connectivity index (χ4n) is 3.44. The molecule has 1 aliphatic heterocycles. The van der Waals surface area contributed by atoms with E-state index in [2.05, 4.69) is 5.32 Å². The number of ether oxygens (including phenoxy) is 3. The summed E-state index contributed by atoms with van der Waals surface area (Å²) in [6.45, 7) is -0.0779. The molecule has 4 rings (SSSR count). The van der Waals surface area contributed by atoms with E-state index < -0.39 is 11.1 Å². The second-order valence-corrected chi connectivity index (χ2v) is 9.15. The van der Waals surface area contributed by atoms with Crippen LogP contribution in [0.1, 0.15) is 5.56 Å². The summed E-state index contributed by atoms with van der Waals surface area (Å²) in [5.41, 5.74) is 1.12. The van der Waals surface area contributed by atoms with E-state index in [1.165, 1.54) is 13.2 Å². The SMILES string of the molecule is COc1ccccc1OCCN1C(=O)S/C(=C\c2cc(Cl)ccc2OCC(=O)Nc2ccccc2)C1=O. The van der Waals surface area contributed by atoms with Crippen LogP contribution >= 0.6 is 23.4 Å². The monoisotopic (exact) mass is 538 g/mol. The molecule has 1 saturated heterocycles. The lowest BCUT2D eigenvalue weighted by atomic mass is 10.2. The van der Waals surface area contributed by atoms with Gasteiger partial charge in [0.2, 0.25) is 0 Å². The Morgan fingerprint density at radius 2 is 1.70 bits per heavy atom. The van der Waals surface area contributed by atoms with E-state index in [9.17, 15) is 14.4 Å². The fraction of sp³-hybridized carbons (Fsp3) is 0.148. The number of rotatable bonds is 10. The summed E-state index contributed by atoms with van der Waals surface area (Å²) in [4.78, 5) is 39.1. The van der Waals surface area contributed by atoms with Gasteiger partial charge in [0.25, 0.3) is 17.1 Å². The second kappa shape index (κ2) is 12.3. The first-order valence-electron chi connectivity index (χ1n) is 11.2. The number of para-hydroxylation sites is 3. The minimum absolute atomic E-state index is 0.0681. The number of hydrogen-bond donors (Lipinski definition) is 1. The molecular formula is C27H23ClN2O6S. The molecule has 3 aromatic carbocycles. The number of thioether (sulfide) groups is 1. The molecule has 37 heavy (non-hydrogen) atoms. The van der Waals surface area contributed by atoms with Gasteiger partial charge >= 0.3 is 0 Å². The molecule has 0 spiro atoms. The maximum atomic E-state index is 12.9. The Morgan fingerprint density at radius 3 is 2.46 bits per heavy atom. The van der Waals surface area contributed by atoms with Gasteiger partial charge in [0, 0.05) is 16.3 Å². The Bertz CT molecular complexity index is 1330. The summed E-state index contributed by atoms with van der Waals surface area (Å²) in [6.07, 6.45) is 1.53. The van der Waals surface area contributed by atoms with Crippen molar-refractivity contribution in [1.82, 2.24) is 4.90 Å². The molecule has 0 bridgehead atoms. The Morgan fingerprint density at radius 1 is 0.973 bits per heavy atom. The number of imide groups is 1. The van der Waals surface area contributed by atoms with Gasteiger partial charge in [0.05, 0.1) is 18.6 Å². The lowest BCUT2D eigenvalue weighted by Gasteiger charge is -2.14. The van der Waals surface area contributed by atoms with Crippen molar-refractivity contribution in [2.45, 2.75) is 0 Å². The van der Waals surface area contributed by atoms with Crippen molar-refractivity contribution in [2.24, 2.45) is 0 Å². The third-order valence-electron chi connectivity index (χ3n) is 5.19. The minimum atomic E-state index is -0.452. The maximum Gasteiger partial charge on any atom is 0.293 e. The number of hydrogen-bond acceptors (Lipinski definition) is 7. The third-order valence-corrected chi connectivity index (χ3v) is 6.33. The maximum absolute atomic E-state index is 12.9. The highest BCUT2D eigenvalue weighted by molar-refractivity contribution is 8.18. The molecular weight excluding hydrogens is 516 g/mol. The third kappa shape index (κ3) is 6.84. The predicted octanol–water partition coefficient (Wildman–Crippen LogP) is 5.48. The van der Waals surface area contributed by atoms with Gasteiger partial charge in [-0.25, -0.2) is 0 Å². The van der Waals surface area contributed by atoms with Gasteiger partial charge in [-0.15, -0.1) is 0 Å². The first kappa shape index (κ1) is 26.1. The quantitative estimate of drug-likeness (QED) is 0.341. The molecule has 1 N–H and O–H groups in total. The van der Waals surface area contributed by atoms with Gasteiger partial charge in [-0.3, -0.25) is 19.3 Å². The lowest BCUT2D eigenvalue weighted by molar-refractivity contribution is -0.123.